The van der Waals surface area contributed by atoms with Gasteiger partial charge in [0.25, 0.3) is 5.91 Å². The predicted molar refractivity (Wildman–Crippen MR) is 98.9 cm³/mol. The van der Waals surface area contributed by atoms with Crippen molar-refractivity contribution in [3.05, 3.63) is 17.5 Å². The molecule has 2 heterocycles. The molecule has 0 radical (unpaired) electrons. The predicted octanol–water partition coefficient (Wildman–Crippen LogP) is 2.97. The van der Waals surface area contributed by atoms with Gasteiger partial charge in [0.1, 0.15) is 0 Å². The highest BCUT2D eigenvalue weighted by Gasteiger charge is 2.28. The lowest BCUT2D eigenvalue weighted by Crippen LogP contribution is -2.45. The minimum Gasteiger partial charge on any atom is -0.338 e. The lowest BCUT2D eigenvalue weighted by molar-refractivity contribution is 0.0704. The van der Waals surface area contributed by atoms with Crippen LogP contribution in [0.2, 0.25) is 0 Å². The van der Waals surface area contributed by atoms with E-state index in [1.54, 1.807) is 6.20 Å². The molecule has 2 fully saturated rings. The molecule has 24 heavy (non-hydrogen) atoms. The van der Waals surface area contributed by atoms with Crippen molar-refractivity contribution in [1.29, 1.82) is 0 Å². The number of carbonyl (C=O) groups is 1. The maximum atomic E-state index is 12.8. The fraction of sp³-hybridized carbons (Fsp3) is 0.778. The van der Waals surface area contributed by atoms with Gasteiger partial charge in [-0.1, -0.05) is 0 Å². The van der Waals surface area contributed by atoms with E-state index in [4.69, 9.17) is 0 Å². The molecule has 1 aromatic heterocycles. The van der Waals surface area contributed by atoms with Crippen molar-refractivity contribution in [2.45, 2.75) is 65.0 Å². The highest BCUT2D eigenvalue weighted by Crippen LogP contribution is 2.28. The summed E-state index contributed by atoms with van der Waals surface area (Å²) in [6, 6.07) is 0.582. The second-order valence-electron chi connectivity index (χ2n) is 8.14. The van der Waals surface area contributed by atoms with Crippen LogP contribution >= 0.6 is 12.4 Å². The third-order valence-electron chi connectivity index (χ3n) is 5.05. The molecule has 2 aliphatic rings. The van der Waals surface area contributed by atoms with E-state index in [9.17, 15) is 4.79 Å². The Bertz CT molecular complexity index is 566. The van der Waals surface area contributed by atoms with Crippen LogP contribution in [0.5, 0.6) is 0 Å². The molecule has 0 spiro atoms. The SMILES string of the molecule is Cc1c(C(=O)N2CCC(NCC3CC3)CC2)cnn1C(C)(C)C.Cl. The van der Waals surface area contributed by atoms with Gasteiger partial charge in [0.05, 0.1) is 17.3 Å². The van der Waals surface area contributed by atoms with Gasteiger partial charge in [-0.25, -0.2) is 0 Å². The number of hydrogen-bond donors (Lipinski definition) is 1. The van der Waals surface area contributed by atoms with Gasteiger partial charge in [0, 0.05) is 24.8 Å². The Balaban J connectivity index is 0.00000208. The number of nitrogens with one attached hydrogen (secondary N) is 1. The van der Waals surface area contributed by atoms with E-state index in [0.717, 1.165) is 49.7 Å². The van der Waals surface area contributed by atoms with Crippen LogP contribution in [0.25, 0.3) is 0 Å². The van der Waals surface area contributed by atoms with Gasteiger partial charge in [-0.15, -0.1) is 12.4 Å². The minimum absolute atomic E-state index is 0. The standard InChI is InChI=1S/C18H30N4O.ClH/c1-13-16(12-20-22(13)18(2,3)4)17(23)21-9-7-15(8-10-21)19-11-14-5-6-14;/h12,14-15,19H,5-11H2,1-4H3;1H. The normalized spacial score (nSPS) is 19.2. The van der Waals surface area contributed by atoms with Crippen LogP contribution in [0.3, 0.4) is 0 Å². The number of piperidine rings is 1. The Morgan fingerprint density at radius 3 is 2.38 bits per heavy atom. The van der Waals surface area contributed by atoms with Crippen molar-refractivity contribution in [2.75, 3.05) is 19.6 Å². The fourth-order valence-electron chi connectivity index (χ4n) is 3.41. The monoisotopic (exact) mass is 354 g/mol. The minimum atomic E-state index is -0.0949. The van der Waals surface area contributed by atoms with Crippen LogP contribution in [0.4, 0.5) is 0 Å². The van der Waals surface area contributed by atoms with Gasteiger partial charge in [0.2, 0.25) is 0 Å². The Morgan fingerprint density at radius 1 is 1.25 bits per heavy atom. The number of amides is 1. The van der Waals surface area contributed by atoms with Gasteiger partial charge >= 0.3 is 0 Å². The van der Waals surface area contributed by atoms with Crippen molar-refractivity contribution in [3.63, 3.8) is 0 Å². The number of rotatable bonds is 4. The zero-order valence-electron chi connectivity index (χ0n) is 15.3. The van der Waals surface area contributed by atoms with Crippen molar-refractivity contribution >= 4 is 18.3 Å². The van der Waals surface area contributed by atoms with Crippen molar-refractivity contribution in [1.82, 2.24) is 20.0 Å². The summed E-state index contributed by atoms with van der Waals surface area (Å²) in [6.07, 6.45) is 6.64. The van der Waals surface area contributed by atoms with Crippen LogP contribution in [0.15, 0.2) is 6.20 Å². The van der Waals surface area contributed by atoms with Crippen molar-refractivity contribution in [2.24, 2.45) is 5.92 Å². The molecular formula is C18H31ClN4O. The first-order valence-corrected chi connectivity index (χ1v) is 8.94. The molecular weight excluding hydrogens is 324 g/mol. The summed E-state index contributed by atoms with van der Waals surface area (Å²) in [6.45, 7) is 11.2. The Hall–Kier alpha value is -1.07. The molecule has 0 atom stereocenters. The van der Waals surface area contributed by atoms with E-state index in [1.165, 1.54) is 12.8 Å². The zero-order chi connectivity index (χ0) is 16.6. The van der Waals surface area contributed by atoms with Crippen LogP contribution in [-0.4, -0.2) is 46.3 Å². The lowest BCUT2D eigenvalue weighted by atomic mass is 10.0. The largest absolute Gasteiger partial charge is 0.338 e. The summed E-state index contributed by atoms with van der Waals surface area (Å²) >= 11 is 0. The molecule has 136 valence electrons. The van der Waals surface area contributed by atoms with Gasteiger partial charge in [0.15, 0.2) is 0 Å². The summed E-state index contributed by atoms with van der Waals surface area (Å²) in [4.78, 5) is 14.8. The second kappa shape index (κ2) is 7.44. The number of halogens is 1. The molecule has 1 aliphatic carbocycles. The molecule has 1 saturated heterocycles. The van der Waals surface area contributed by atoms with E-state index in [0.29, 0.717) is 6.04 Å². The Labute approximate surface area is 151 Å². The maximum Gasteiger partial charge on any atom is 0.257 e. The van der Waals surface area contributed by atoms with E-state index < -0.39 is 0 Å². The van der Waals surface area contributed by atoms with Gasteiger partial charge in [-0.2, -0.15) is 5.10 Å². The van der Waals surface area contributed by atoms with E-state index in [1.807, 2.05) is 16.5 Å². The van der Waals surface area contributed by atoms with Gasteiger partial charge < -0.3 is 10.2 Å². The summed E-state index contributed by atoms with van der Waals surface area (Å²) in [5.41, 5.74) is 1.63. The highest BCUT2D eigenvalue weighted by molar-refractivity contribution is 5.95. The average molecular weight is 355 g/mol. The van der Waals surface area contributed by atoms with Crippen molar-refractivity contribution < 1.29 is 4.79 Å². The van der Waals surface area contributed by atoms with Gasteiger partial charge in [-0.05, 0) is 65.8 Å². The fourth-order valence-corrected chi connectivity index (χ4v) is 3.41. The number of likely N-dealkylation sites (tertiary alicyclic amines) is 1. The molecule has 0 bridgehead atoms. The molecule has 0 unspecified atom stereocenters. The van der Waals surface area contributed by atoms with Crippen LogP contribution in [-0.2, 0) is 5.54 Å². The molecule has 6 heteroatoms. The molecule has 0 aromatic carbocycles. The first-order chi connectivity index (χ1) is 10.9. The molecule has 1 aliphatic heterocycles. The van der Waals surface area contributed by atoms with E-state index in [2.05, 4.69) is 31.2 Å². The third-order valence-corrected chi connectivity index (χ3v) is 5.05. The summed E-state index contributed by atoms with van der Waals surface area (Å²) in [5.74, 6) is 1.05. The van der Waals surface area contributed by atoms with E-state index >= 15 is 0 Å². The summed E-state index contributed by atoms with van der Waals surface area (Å²) in [7, 11) is 0. The summed E-state index contributed by atoms with van der Waals surface area (Å²) in [5, 5.41) is 8.09. The number of hydrogen-bond acceptors (Lipinski definition) is 3. The number of carbonyl (C=O) groups excluding carboxylic acids is 1. The molecule has 1 saturated carbocycles. The van der Waals surface area contributed by atoms with Crippen LogP contribution in [0.1, 0.15) is 62.5 Å². The third kappa shape index (κ3) is 4.31. The topological polar surface area (TPSA) is 50.2 Å². The Morgan fingerprint density at radius 2 is 1.88 bits per heavy atom. The second-order valence-corrected chi connectivity index (χ2v) is 8.14. The van der Waals surface area contributed by atoms with Gasteiger partial charge in [-0.3, -0.25) is 9.48 Å². The first kappa shape index (κ1) is 19.3. The number of aromatic nitrogens is 2. The highest BCUT2D eigenvalue weighted by atomic mass is 35.5. The number of nitrogens with zero attached hydrogens (tertiary/aromatic N) is 3. The molecule has 1 aromatic rings. The van der Waals surface area contributed by atoms with Crippen LogP contribution < -0.4 is 5.32 Å². The van der Waals surface area contributed by atoms with Crippen molar-refractivity contribution in [3.8, 4) is 0 Å². The maximum absolute atomic E-state index is 12.8. The first-order valence-electron chi connectivity index (χ1n) is 8.94. The zero-order valence-corrected chi connectivity index (χ0v) is 16.2. The van der Waals surface area contributed by atoms with E-state index in [-0.39, 0.29) is 23.9 Å². The molecule has 5 nitrogen and oxygen atoms in total. The quantitative estimate of drug-likeness (QED) is 0.904. The summed E-state index contributed by atoms with van der Waals surface area (Å²) < 4.78 is 1.95. The lowest BCUT2D eigenvalue weighted by Gasteiger charge is -2.32. The molecule has 1 N–H and O–H groups in total. The Kier molecular flexibility index (Phi) is 5.97. The average Bonchev–Trinajstić information content (AvgIpc) is 3.25. The smallest absolute Gasteiger partial charge is 0.257 e. The molecule has 3 rings (SSSR count). The molecule has 1 amide bonds. The van der Waals surface area contributed by atoms with Crippen LogP contribution in [0, 0.1) is 12.8 Å².